The van der Waals surface area contributed by atoms with E-state index in [1.54, 1.807) is 0 Å². The van der Waals surface area contributed by atoms with Crippen molar-refractivity contribution in [3.63, 3.8) is 0 Å². The fraction of sp³-hybridized carbons (Fsp3) is 0.583. The van der Waals surface area contributed by atoms with E-state index in [1.807, 2.05) is 6.92 Å². The summed E-state index contributed by atoms with van der Waals surface area (Å²) in [5.41, 5.74) is 0. The van der Waals surface area contributed by atoms with Gasteiger partial charge in [0, 0.05) is 38.3 Å². The van der Waals surface area contributed by atoms with Crippen LogP contribution in [0.3, 0.4) is 0 Å². The molecular weight excluding hydrogens is 236 g/mol. The van der Waals surface area contributed by atoms with Gasteiger partial charge in [-0.1, -0.05) is 6.92 Å². The van der Waals surface area contributed by atoms with Crippen LogP contribution < -0.4 is 5.32 Å². The molecule has 0 saturated carbocycles. The van der Waals surface area contributed by atoms with Gasteiger partial charge in [-0.15, -0.1) is 0 Å². The second kappa shape index (κ2) is 7.60. The van der Waals surface area contributed by atoms with Crippen LogP contribution in [0.15, 0.2) is 12.2 Å². The van der Waals surface area contributed by atoms with Crippen molar-refractivity contribution in [3.8, 4) is 0 Å². The number of rotatable bonds is 8. The third-order valence-corrected chi connectivity index (χ3v) is 2.38. The van der Waals surface area contributed by atoms with E-state index in [-0.39, 0.29) is 30.7 Å². The predicted molar refractivity (Wildman–Crippen MR) is 64.6 cm³/mol. The lowest BCUT2D eigenvalue weighted by Crippen LogP contribution is -2.35. The number of nitrogens with zero attached hydrogens (tertiary/aromatic N) is 1. The molecule has 1 aliphatic heterocycles. The Morgan fingerprint density at radius 3 is 2.56 bits per heavy atom. The highest BCUT2D eigenvalue weighted by atomic mass is 16.5. The molecule has 0 unspecified atom stereocenters. The van der Waals surface area contributed by atoms with Gasteiger partial charge < -0.3 is 10.1 Å². The van der Waals surface area contributed by atoms with Gasteiger partial charge in [0.1, 0.15) is 0 Å². The molecule has 1 heterocycles. The van der Waals surface area contributed by atoms with Gasteiger partial charge in [-0.2, -0.15) is 0 Å². The summed E-state index contributed by atoms with van der Waals surface area (Å²) in [5.74, 6) is -0.916. The summed E-state index contributed by atoms with van der Waals surface area (Å²) in [6, 6.07) is 0. The van der Waals surface area contributed by atoms with Crippen molar-refractivity contribution < 1.29 is 19.1 Å². The van der Waals surface area contributed by atoms with Crippen LogP contribution in [-0.2, 0) is 19.1 Å². The number of hydrogen-bond acceptors (Lipinski definition) is 4. The highest BCUT2D eigenvalue weighted by Gasteiger charge is 2.23. The fourth-order valence-electron chi connectivity index (χ4n) is 1.46. The topological polar surface area (TPSA) is 75.7 Å². The molecule has 6 heteroatoms. The minimum atomic E-state index is -0.362. The summed E-state index contributed by atoms with van der Waals surface area (Å²) in [4.78, 5) is 34.9. The van der Waals surface area contributed by atoms with Crippen LogP contribution in [-0.4, -0.2) is 48.9 Å². The third kappa shape index (κ3) is 4.67. The SMILES string of the molecule is CCCOCCNC(=O)CCN1C(=O)C=CC1=O. The summed E-state index contributed by atoms with van der Waals surface area (Å²) in [6.07, 6.45) is 3.48. The quantitative estimate of drug-likeness (QED) is 0.482. The molecule has 0 bridgehead atoms. The summed E-state index contributed by atoms with van der Waals surface area (Å²) >= 11 is 0. The first-order valence-corrected chi connectivity index (χ1v) is 6.03. The molecule has 0 radical (unpaired) electrons. The average molecular weight is 254 g/mol. The minimum absolute atomic E-state index is 0.117. The van der Waals surface area contributed by atoms with Crippen LogP contribution in [0.1, 0.15) is 19.8 Å². The first-order chi connectivity index (χ1) is 8.65. The zero-order valence-corrected chi connectivity index (χ0v) is 10.5. The molecule has 1 N–H and O–H groups in total. The molecule has 0 aliphatic carbocycles. The van der Waals surface area contributed by atoms with Crippen LogP contribution >= 0.6 is 0 Å². The van der Waals surface area contributed by atoms with Crippen molar-refractivity contribution in [1.82, 2.24) is 10.2 Å². The van der Waals surface area contributed by atoms with Crippen molar-refractivity contribution in [2.75, 3.05) is 26.3 Å². The predicted octanol–water partition coefficient (Wildman–Crippen LogP) is -0.156. The van der Waals surface area contributed by atoms with Gasteiger partial charge in [0.05, 0.1) is 6.61 Å². The molecule has 0 aromatic heterocycles. The van der Waals surface area contributed by atoms with Crippen molar-refractivity contribution in [3.05, 3.63) is 12.2 Å². The molecule has 0 atom stereocenters. The maximum absolute atomic E-state index is 11.4. The van der Waals surface area contributed by atoms with Gasteiger partial charge in [-0.25, -0.2) is 0 Å². The Morgan fingerprint density at radius 1 is 1.28 bits per heavy atom. The fourth-order valence-corrected chi connectivity index (χ4v) is 1.46. The molecule has 6 nitrogen and oxygen atoms in total. The largest absolute Gasteiger partial charge is 0.380 e. The van der Waals surface area contributed by atoms with E-state index in [1.165, 1.54) is 12.2 Å². The van der Waals surface area contributed by atoms with E-state index in [0.717, 1.165) is 11.3 Å². The van der Waals surface area contributed by atoms with E-state index in [4.69, 9.17) is 4.74 Å². The maximum atomic E-state index is 11.4. The number of carbonyl (C=O) groups excluding carboxylic acids is 3. The molecule has 100 valence electrons. The number of hydrogen-bond donors (Lipinski definition) is 1. The van der Waals surface area contributed by atoms with Gasteiger partial charge in [0.2, 0.25) is 5.91 Å². The molecule has 0 saturated heterocycles. The lowest BCUT2D eigenvalue weighted by atomic mass is 10.3. The molecule has 0 aromatic rings. The Hall–Kier alpha value is -1.69. The highest BCUT2D eigenvalue weighted by Crippen LogP contribution is 2.03. The standard InChI is InChI=1S/C12H18N2O4/c1-2-8-18-9-6-13-10(15)5-7-14-11(16)3-4-12(14)17/h3-4H,2,5-9H2,1H3,(H,13,15). The normalized spacial score (nSPS) is 14.4. The van der Waals surface area contributed by atoms with Gasteiger partial charge in [-0.05, 0) is 6.42 Å². The third-order valence-electron chi connectivity index (χ3n) is 2.38. The first-order valence-electron chi connectivity index (χ1n) is 6.03. The van der Waals surface area contributed by atoms with Crippen LogP contribution in [0, 0.1) is 0 Å². The average Bonchev–Trinajstić information content (AvgIpc) is 2.66. The smallest absolute Gasteiger partial charge is 0.253 e. The number of ether oxygens (including phenoxy) is 1. The van der Waals surface area contributed by atoms with Crippen molar-refractivity contribution in [2.45, 2.75) is 19.8 Å². The minimum Gasteiger partial charge on any atom is -0.380 e. The Kier molecular flexibility index (Phi) is 6.07. The van der Waals surface area contributed by atoms with Crippen LogP contribution in [0.5, 0.6) is 0 Å². The summed E-state index contributed by atoms with van der Waals surface area (Å²) in [5, 5.41) is 2.66. The van der Waals surface area contributed by atoms with E-state index >= 15 is 0 Å². The summed E-state index contributed by atoms with van der Waals surface area (Å²) in [6.45, 7) is 3.73. The van der Waals surface area contributed by atoms with E-state index in [0.29, 0.717) is 19.8 Å². The maximum Gasteiger partial charge on any atom is 0.253 e. The van der Waals surface area contributed by atoms with Gasteiger partial charge in [-0.3, -0.25) is 19.3 Å². The Bertz CT molecular complexity index is 334. The number of amides is 3. The van der Waals surface area contributed by atoms with Crippen LogP contribution in [0.25, 0.3) is 0 Å². The molecule has 3 amide bonds. The highest BCUT2D eigenvalue weighted by molar-refractivity contribution is 6.13. The molecule has 1 rings (SSSR count). The number of imide groups is 1. The lowest BCUT2D eigenvalue weighted by Gasteiger charge is -2.13. The number of nitrogens with one attached hydrogen (secondary N) is 1. The zero-order valence-electron chi connectivity index (χ0n) is 10.5. The van der Waals surface area contributed by atoms with E-state index < -0.39 is 0 Å². The van der Waals surface area contributed by atoms with Crippen LogP contribution in [0.4, 0.5) is 0 Å². The summed E-state index contributed by atoms with van der Waals surface area (Å²) < 4.78 is 5.20. The Labute approximate surface area is 106 Å². The van der Waals surface area contributed by atoms with Gasteiger partial charge in [0.25, 0.3) is 11.8 Å². The second-order valence-corrected chi connectivity index (χ2v) is 3.87. The van der Waals surface area contributed by atoms with Crippen molar-refractivity contribution in [1.29, 1.82) is 0 Å². The molecule has 1 aliphatic rings. The molecule has 0 fully saturated rings. The number of carbonyl (C=O) groups is 3. The second-order valence-electron chi connectivity index (χ2n) is 3.87. The van der Waals surface area contributed by atoms with Gasteiger partial charge in [0.15, 0.2) is 0 Å². The van der Waals surface area contributed by atoms with E-state index in [2.05, 4.69) is 5.32 Å². The molecular formula is C12H18N2O4. The first kappa shape index (κ1) is 14.4. The lowest BCUT2D eigenvalue weighted by molar-refractivity contribution is -0.137. The zero-order chi connectivity index (χ0) is 13.4. The molecule has 0 aromatic carbocycles. The van der Waals surface area contributed by atoms with Crippen LogP contribution in [0.2, 0.25) is 0 Å². The molecule has 0 spiro atoms. The van der Waals surface area contributed by atoms with Crippen molar-refractivity contribution in [2.24, 2.45) is 0 Å². The molecule has 18 heavy (non-hydrogen) atoms. The Morgan fingerprint density at radius 2 is 1.94 bits per heavy atom. The monoisotopic (exact) mass is 254 g/mol. The summed E-state index contributed by atoms with van der Waals surface area (Å²) in [7, 11) is 0. The van der Waals surface area contributed by atoms with Gasteiger partial charge >= 0.3 is 0 Å². The van der Waals surface area contributed by atoms with E-state index in [9.17, 15) is 14.4 Å². The van der Waals surface area contributed by atoms with Crippen molar-refractivity contribution >= 4 is 17.7 Å². The Balaban J connectivity index is 2.10.